The number of methoxy groups -OCH3 is 1. The minimum atomic E-state index is -4.64. The molecule has 0 unspecified atom stereocenters. The number of aromatic nitrogens is 2. The van der Waals surface area contributed by atoms with Crippen molar-refractivity contribution < 1.29 is 27.1 Å². The molecule has 0 aliphatic heterocycles. The first-order valence-electron chi connectivity index (χ1n) is 8.12. The quantitative estimate of drug-likeness (QED) is 0.673. The average molecular weight is 409 g/mol. The van der Waals surface area contributed by atoms with Crippen LogP contribution in [0.1, 0.15) is 21.7 Å². The van der Waals surface area contributed by atoms with Crippen LogP contribution < -0.4 is 21.3 Å². The van der Waals surface area contributed by atoms with E-state index in [1.54, 1.807) is 6.07 Å². The SMILES string of the molecule is COc1ccc(C(F)(F)F)cc1NC(=O)c1c[nH]c(=O)n(Cc2ccco2)c1=O. The van der Waals surface area contributed by atoms with Crippen LogP contribution in [0, 0.1) is 0 Å². The normalized spacial score (nSPS) is 11.3. The number of nitrogens with zero attached hydrogens (tertiary/aromatic N) is 1. The van der Waals surface area contributed by atoms with Crippen LogP contribution in [0.4, 0.5) is 18.9 Å². The fourth-order valence-corrected chi connectivity index (χ4v) is 2.55. The van der Waals surface area contributed by atoms with E-state index in [4.69, 9.17) is 9.15 Å². The number of hydrogen-bond acceptors (Lipinski definition) is 5. The van der Waals surface area contributed by atoms with Gasteiger partial charge in [-0.2, -0.15) is 13.2 Å². The third-order valence-corrected chi connectivity index (χ3v) is 3.97. The number of halogens is 3. The number of carbonyl (C=O) groups excluding carboxylic acids is 1. The fraction of sp³-hybridized carbons (Fsp3) is 0.167. The van der Waals surface area contributed by atoms with Crippen LogP contribution in [0.2, 0.25) is 0 Å². The lowest BCUT2D eigenvalue weighted by atomic mass is 10.1. The predicted molar refractivity (Wildman–Crippen MR) is 95.1 cm³/mol. The fourth-order valence-electron chi connectivity index (χ4n) is 2.55. The highest BCUT2D eigenvalue weighted by Crippen LogP contribution is 2.35. The van der Waals surface area contributed by atoms with Crippen LogP contribution in [0.15, 0.2) is 56.8 Å². The number of alkyl halides is 3. The van der Waals surface area contributed by atoms with Gasteiger partial charge in [-0.05, 0) is 30.3 Å². The molecule has 0 aliphatic rings. The Morgan fingerprint density at radius 1 is 1.28 bits per heavy atom. The van der Waals surface area contributed by atoms with Gasteiger partial charge in [-0.15, -0.1) is 0 Å². The second-order valence-electron chi connectivity index (χ2n) is 5.85. The number of nitrogens with one attached hydrogen (secondary N) is 2. The van der Waals surface area contributed by atoms with Gasteiger partial charge in [0, 0.05) is 6.20 Å². The monoisotopic (exact) mass is 409 g/mol. The Morgan fingerprint density at radius 2 is 2.03 bits per heavy atom. The third kappa shape index (κ3) is 4.23. The zero-order valence-corrected chi connectivity index (χ0v) is 14.9. The molecule has 8 nitrogen and oxygen atoms in total. The maximum absolute atomic E-state index is 13.0. The number of amides is 1. The van der Waals surface area contributed by atoms with Gasteiger partial charge in [0.1, 0.15) is 17.1 Å². The van der Waals surface area contributed by atoms with E-state index in [2.05, 4.69) is 10.3 Å². The number of anilines is 1. The molecule has 1 aromatic carbocycles. The number of aromatic amines is 1. The summed E-state index contributed by atoms with van der Waals surface area (Å²) in [6, 6.07) is 5.62. The molecule has 2 N–H and O–H groups in total. The van der Waals surface area contributed by atoms with Crippen molar-refractivity contribution in [2.45, 2.75) is 12.7 Å². The maximum Gasteiger partial charge on any atom is 0.416 e. The second kappa shape index (κ2) is 7.70. The summed E-state index contributed by atoms with van der Waals surface area (Å²) in [6.45, 7) is -0.227. The highest BCUT2D eigenvalue weighted by molar-refractivity contribution is 6.04. The van der Waals surface area contributed by atoms with Gasteiger partial charge in [0.05, 0.1) is 31.2 Å². The molecule has 29 heavy (non-hydrogen) atoms. The van der Waals surface area contributed by atoms with Gasteiger partial charge in [-0.1, -0.05) is 0 Å². The maximum atomic E-state index is 13.0. The van der Waals surface area contributed by atoms with E-state index < -0.39 is 34.5 Å². The summed E-state index contributed by atoms with van der Waals surface area (Å²) in [5.41, 5.74) is -3.48. The van der Waals surface area contributed by atoms with Gasteiger partial charge in [0.15, 0.2) is 0 Å². The topological polar surface area (TPSA) is 106 Å². The lowest BCUT2D eigenvalue weighted by Crippen LogP contribution is -2.39. The van der Waals surface area contributed by atoms with Gasteiger partial charge in [0.25, 0.3) is 11.5 Å². The predicted octanol–water partition coefficient (Wildman–Crippen LogP) is 2.46. The zero-order valence-electron chi connectivity index (χ0n) is 14.9. The van der Waals surface area contributed by atoms with E-state index in [-0.39, 0.29) is 18.0 Å². The summed E-state index contributed by atoms with van der Waals surface area (Å²) < 4.78 is 49.6. The second-order valence-corrected chi connectivity index (χ2v) is 5.85. The number of rotatable bonds is 5. The molecule has 0 aliphatic carbocycles. The molecular weight excluding hydrogens is 395 g/mol. The molecule has 0 saturated carbocycles. The smallest absolute Gasteiger partial charge is 0.416 e. The molecule has 152 valence electrons. The van der Waals surface area contributed by atoms with Gasteiger partial charge >= 0.3 is 11.9 Å². The van der Waals surface area contributed by atoms with Gasteiger partial charge < -0.3 is 19.5 Å². The number of benzene rings is 1. The van der Waals surface area contributed by atoms with Crippen molar-refractivity contribution >= 4 is 11.6 Å². The number of furan rings is 1. The molecule has 0 bridgehead atoms. The van der Waals surface area contributed by atoms with Crippen molar-refractivity contribution in [3.8, 4) is 5.75 Å². The Balaban J connectivity index is 1.96. The minimum absolute atomic E-state index is 0.0355. The summed E-state index contributed by atoms with van der Waals surface area (Å²) in [4.78, 5) is 39.3. The van der Waals surface area contributed by atoms with Crippen molar-refractivity contribution in [2.75, 3.05) is 12.4 Å². The Morgan fingerprint density at radius 3 is 2.66 bits per heavy atom. The Hall–Kier alpha value is -3.76. The van der Waals surface area contributed by atoms with Crippen LogP contribution in [-0.2, 0) is 12.7 Å². The standard InChI is InChI=1S/C18H14F3N3O5/c1-28-14-5-4-10(18(19,20)21)7-13(14)23-15(25)12-8-22-17(27)24(16(12)26)9-11-3-2-6-29-11/h2-8H,9H2,1H3,(H,22,27)(H,23,25). The molecule has 2 aromatic heterocycles. The molecular formula is C18H14F3N3O5. The molecule has 2 heterocycles. The van der Waals surface area contributed by atoms with Crippen molar-refractivity contribution in [3.05, 3.63) is 80.5 Å². The van der Waals surface area contributed by atoms with Crippen LogP contribution in [0.3, 0.4) is 0 Å². The number of hydrogen-bond donors (Lipinski definition) is 2. The molecule has 0 atom stereocenters. The van der Waals surface area contributed by atoms with E-state index in [0.29, 0.717) is 11.8 Å². The Bertz CT molecular complexity index is 1150. The van der Waals surface area contributed by atoms with Gasteiger partial charge in [-0.3, -0.25) is 14.2 Å². The molecule has 3 aromatic rings. The van der Waals surface area contributed by atoms with E-state index in [1.165, 1.54) is 19.4 Å². The number of carbonyl (C=O) groups is 1. The molecule has 0 saturated heterocycles. The largest absolute Gasteiger partial charge is 0.495 e. The minimum Gasteiger partial charge on any atom is -0.495 e. The van der Waals surface area contributed by atoms with E-state index >= 15 is 0 Å². The molecule has 11 heteroatoms. The summed E-state index contributed by atoms with van der Waals surface area (Å²) in [5, 5.41) is 2.21. The molecule has 3 rings (SSSR count). The molecule has 0 fully saturated rings. The van der Waals surface area contributed by atoms with E-state index in [9.17, 15) is 27.6 Å². The van der Waals surface area contributed by atoms with E-state index in [0.717, 1.165) is 22.9 Å². The Kier molecular flexibility index (Phi) is 5.31. The molecule has 0 radical (unpaired) electrons. The third-order valence-electron chi connectivity index (χ3n) is 3.97. The van der Waals surface area contributed by atoms with Crippen LogP contribution in [0.5, 0.6) is 5.75 Å². The van der Waals surface area contributed by atoms with Crippen LogP contribution in [-0.4, -0.2) is 22.6 Å². The lowest BCUT2D eigenvalue weighted by Gasteiger charge is -2.14. The number of H-pyrrole nitrogens is 1. The first-order chi connectivity index (χ1) is 13.7. The average Bonchev–Trinajstić information content (AvgIpc) is 3.17. The van der Waals surface area contributed by atoms with Gasteiger partial charge in [-0.25, -0.2) is 4.79 Å². The summed E-state index contributed by atoms with van der Waals surface area (Å²) in [7, 11) is 1.22. The van der Waals surface area contributed by atoms with Crippen molar-refractivity contribution in [1.29, 1.82) is 0 Å². The van der Waals surface area contributed by atoms with Crippen LogP contribution in [0.25, 0.3) is 0 Å². The first kappa shape index (κ1) is 20.0. The zero-order chi connectivity index (χ0) is 21.2. The summed E-state index contributed by atoms with van der Waals surface area (Å²) >= 11 is 0. The lowest BCUT2D eigenvalue weighted by molar-refractivity contribution is -0.137. The summed E-state index contributed by atoms with van der Waals surface area (Å²) in [6.07, 6.45) is -2.40. The number of ether oxygens (including phenoxy) is 1. The van der Waals surface area contributed by atoms with Crippen LogP contribution >= 0.6 is 0 Å². The highest BCUT2D eigenvalue weighted by Gasteiger charge is 2.31. The molecule has 0 spiro atoms. The van der Waals surface area contributed by atoms with Crippen molar-refractivity contribution in [1.82, 2.24) is 9.55 Å². The highest BCUT2D eigenvalue weighted by atomic mass is 19.4. The van der Waals surface area contributed by atoms with Crippen molar-refractivity contribution in [3.63, 3.8) is 0 Å². The van der Waals surface area contributed by atoms with Crippen molar-refractivity contribution in [2.24, 2.45) is 0 Å². The van der Waals surface area contributed by atoms with E-state index in [1.807, 2.05) is 0 Å². The Labute approximate surface area is 160 Å². The van der Waals surface area contributed by atoms with Gasteiger partial charge in [0.2, 0.25) is 0 Å². The summed E-state index contributed by atoms with van der Waals surface area (Å²) in [5.74, 6) is -0.751. The first-order valence-corrected chi connectivity index (χ1v) is 8.12. The molecule has 1 amide bonds.